The van der Waals surface area contributed by atoms with Crippen molar-refractivity contribution in [1.82, 2.24) is 0 Å². The minimum Gasteiger partial charge on any atom is -0.369 e. The van der Waals surface area contributed by atoms with E-state index in [1.165, 1.54) is 24.3 Å². The molecule has 1 heterocycles. The van der Waals surface area contributed by atoms with Crippen molar-refractivity contribution >= 4 is 17.3 Å². The van der Waals surface area contributed by atoms with Gasteiger partial charge in [-0.3, -0.25) is 4.79 Å². The number of alkyl halides is 1. The molecule has 0 aliphatic carbocycles. The van der Waals surface area contributed by atoms with Crippen molar-refractivity contribution in [3.63, 3.8) is 0 Å². The van der Waals surface area contributed by atoms with Crippen LogP contribution in [0, 0.1) is 17.5 Å². The zero-order valence-electron chi connectivity index (χ0n) is 13.9. The number of benzene rings is 2. The molecule has 2 aromatic rings. The van der Waals surface area contributed by atoms with Crippen molar-refractivity contribution in [3.05, 3.63) is 59.4 Å². The first-order chi connectivity index (χ1) is 12.4. The van der Waals surface area contributed by atoms with E-state index >= 15 is 0 Å². The summed E-state index contributed by atoms with van der Waals surface area (Å²) in [7, 11) is 0. The monoisotopic (exact) mass is 366 g/mol. The fraction of sp³-hybridized carbons (Fsp3) is 0.316. The van der Waals surface area contributed by atoms with E-state index in [0.29, 0.717) is 32.4 Å². The molecule has 1 unspecified atom stereocenters. The summed E-state index contributed by atoms with van der Waals surface area (Å²) in [6.07, 6.45) is 0.452. The average molecular weight is 366 g/mol. The molecule has 3 nitrogen and oxygen atoms in total. The van der Waals surface area contributed by atoms with Gasteiger partial charge in [0, 0.05) is 30.4 Å². The van der Waals surface area contributed by atoms with E-state index < -0.39 is 29.5 Å². The van der Waals surface area contributed by atoms with Crippen molar-refractivity contribution < 1.29 is 22.4 Å². The van der Waals surface area contributed by atoms with Crippen LogP contribution in [0.5, 0.6) is 0 Å². The largest absolute Gasteiger partial charge is 0.369 e. The van der Waals surface area contributed by atoms with Crippen LogP contribution in [-0.4, -0.2) is 25.2 Å². The summed E-state index contributed by atoms with van der Waals surface area (Å²) in [6.45, 7) is 0.873. The van der Waals surface area contributed by atoms with E-state index in [0.717, 1.165) is 12.1 Å². The highest BCUT2D eigenvalue weighted by atomic mass is 19.2. The number of carbonyl (C=O) groups is 1. The van der Waals surface area contributed by atoms with Gasteiger partial charge in [0.15, 0.2) is 11.6 Å². The zero-order chi connectivity index (χ0) is 18.7. The molecule has 138 valence electrons. The maximum atomic E-state index is 14.2. The number of nitrogens with zero attached hydrogens (tertiary/aromatic N) is 1. The molecule has 0 spiro atoms. The Bertz CT molecular complexity index is 812. The molecule has 1 aliphatic rings. The molecule has 3 rings (SSSR count). The van der Waals surface area contributed by atoms with Gasteiger partial charge in [-0.05, 0) is 49.6 Å². The predicted octanol–water partition coefficient (Wildman–Crippen LogP) is 4.68. The van der Waals surface area contributed by atoms with Crippen molar-refractivity contribution in [2.45, 2.75) is 25.4 Å². The number of hydrogen-bond acceptors (Lipinski definition) is 2. The van der Waals surface area contributed by atoms with E-state index in [2.05, 4.69) is 5.32 Å². The maximum Gasteiger partial charge on any atom is 0.255 e. The maximum absolute atomic E-state index is 14.2. The average Bonchev–Trinajstić information content (AvgIpc) is 2.83. The van der Waals surface area contributed by atoms with E-state index in [1.807, 2.05) is 0 Å². The normalized spacial score (nSPS) is 17.7. The summed E-state index contributed by atoms with van der Waals surface area (Å²) in [5.74, 6) is -3.16. The Balaban J connectivity index is 1.79. The summed E-state index contributed by atoms with van der Waals surface area (Å²) < 4.78 is 53.9. The molecule has 1 saturated heterocycles. The van der Waals surface area contributed by atoms with E-state index in [9.17, 15) is 22.4 Å². The van der Waals surface area contributed by atoms with Gasteiger partial charge >= 0.3 is 0 Å². The summed E-state index contributed by atoms with van der Waals surface area (Å²) >= 11 is 0. The minimum absolute atomic E-state index is 0.0924. The lowest BCUT2D eigenvalue weighted by Crippen LogP contribution is -2.26. The van der Waals surface area contributed by atoms with Gasteiger partial charge in [-0.15, -0.1) is 0 Å². The van der Waals surface area contributed by atoms with Crippen molar-refractivity contribution in [2.75, 3.05) is 23.3 Å². The Morgan fingerprint density at radius 3 is 2.50 bits per heavy atom. The highest BCUT2D eigenvalue weighted by Crippen LogP contribution is 2.25. The molecule has 2 aromatic carbocycles. The van der Waals surface area contributed by atoms with Gasteiger partial charge in [-0.25, -0.2) is 17.6 Å². The van der Waals surface area contributed by atoms with Gasteiger partial charge in [0.1, 0.15) is 12.0 Å². The smallest absolute Gasteiger partial charge is 0.255 e. The lowest BCUT2D eigenvalue weighted by atomic mass is 10.1. The van der Waals surface area contributed by atoms with Gasteiger partial charge < -0.3 is 10.2 Å². The Hall–Kier alpha value is -2.57. The molecule has 0 bridgehead atoms. The number of rotatable bonds is 3. The van der Waals surface area contributed by atoms with Gasteiger partial charge in [0.05, 0.1) is 5.69 Å². The van der Waals surface area contributed by atoms with Crippen LogP contribution in [-0.2, 0) is 0 Å². The van der Waals surface area contributed by atoms with E-state index in [4.69, 9.17) is 0 Å². The highest BCUT2D eigenvalue weighted by Gasteiger charge is 2.20. The van der Waals surface area contributed by atoms with Gasteiger partial charge in [-0.2, -0.15) is 0 Å². The predicted molar refractivity (Wildman–Crippen MR) is 91.7 cm³/mol. The minimum atomic E-state index is -1.08. The molecule has 1 atom stereocenters. The van der Waals surface area contributed by atoms with Crippen LogP contribution in [0.1, 0.15) is 29.6 Å². The molecule has 0 saturated carbocycles. The lowest BCUT2D eigenvalue weighted by molar-refractivity contribution is 0.102. The molecule has 1 aliphatic heterocycles. The van der Waals surface area contributed by atoms with Crippen LogP contribution in [0.4, 0.5) is 28.9 Å². The highest BCUT2D eigenvalue weighted by molar-refractivity contribution is 6.04. The number of carbonyl (C=O) groups excluding carboxylic acids is 1. The van der Waals surface area contributed by atoms with Crippen molar-refractivity contribution in [1.29, 1.82) is 0 Å². The molecule has 1 fully saturated rings. The number of nitrogens with one attached hydrogen (secondary N) is 1. The third kappa shape index (κ3) is 4.15. The van der Waals surface area contributed by atoms with Crippen molar-refractivity contribution in [2.24, 2.45) is 0 Å². The Labute approximate surface area is 148 Å². The van der Waals surface area contributed by atoms with Crippen LogP contribution >= 0.6 is 0 Å². The lowest BCUT2D eigenvalue weighted by Gasteiger charge is -2.23. The fourth-order valence-electron chi connectivity index (χ4n) is 2.97. The first-order valence-electron chi connectivity index (χ1n) is 8.39. The second kappa shape index (κ2) is 7.76. The number of amides is 1. The Kier molecular flexibility index (Phi) is 5.44. The fourth-order valence-corrected chi connectivity index (χ4v) is 2.97. The second-order valence-electron chi connectivity index (χ2n) is 6.26. The Morgan fingerprint density at radius 2 is 1.73 bits per heavy atom. The SMILES string of the molecule is O=C(Nc1ccc(F)c(F)c1)c1ccc(F)c(N2CCCC(F)CC2)c1. The summed E-state index contributed by atoms with van der Waals surface area (Å²) in [4.78, 5) is 14.1. The van der Waals surface area contributed by atoms with Gasteiger partial charge in [0.25, 0.3) is 5.91 Å². The molecule has 26 heavy (non-hydrogen) atoms. The quantitative estimate of drug-likeness (QED) is 0.800. The first kappa shape index (κ1) is 18.2. The van der Waals surface area contributed by atoms with Crippen molar-refractivity contribution in [3.8, 4) is 0 Å². The topological polar surface area (TPSA) is 32.3 Å². The third-order valence-electron chi connectivity index (χ3n) is 4.38. The number of hydrogen-bond donors (Lipinski definition) is 1. The number of anilines is 2. The summed E-state index contributed by atoms with van der Waals surface area (Å²) in [5.41, 5.74) is 0.499. The molecular weight excluding hydrogens is 348 g/mol. The molecule has 0 radical (unpaired) electrons. The summed E-state index contributed by atoms with van der Waals surface area (Å²) in [5, 5.41) is 2.45. The first-order valence-corrected chi connectivity index (χ1v) is 8.39. The van der Waals surface area contributed by atoms with Crippen LogP contribution in [0.15, 0.2) is 36.4 Å². The molecule has 7 heteroatoms. The molecule has 1 N–H and O–H groups in total. The summed E-state index contributed by atoms with van der Waals surface area (Å²) in [6, 6.07) is 6.89. The van der Waals surface area contributed by atoms with Crippen LogP contribution in [0.25, 0.3) is 0 Å². The number of halogens is 4. The van der Waals surface area contributed by atoms with Crippen LogP contribution in [0.2, 0.25) is 0 Å². The Morgan fingerprint density at radius 1 is 0.962 bits per heavy atom. The standard InChI is InChI=1S/C19H18F4N2O/c20-13-2-1-8-25(9-7-13)18-10-12(3-5-16(18)22)19(26)24-14-4-6-15(21)17(23)11-14/h3-6,10-11,13H,1-2,7-9H2,(H,24,26). The van der Waals surface area contributed by atoms with E-state index in [-0.39, 0.29) is 16.9 Å². The van der Waals surface area contributed by atoms with Gasteiger partial charge in [0.2, 0.25) is 0 Å². The van der Waals surface area contributed by atoms with E-state index in [1.54, 1.807) is 4.90 Å². The van der Waals surface area contributed by atoms with Gasteiger partial charge in [-0.1, -0.05) is 0 Å². The molecular formula is C19H18F4N2O. The molecule has 0 aromatic heterocycles. The molecule has 1 amide bonds. The zero-order valence-corrected chi connectivity index (χ0v) is 13.9. The van der Waals surface area contributed by atoms with Crippen LogP contribution in [0.3, 0.4) is 0 Å². The second-order valence-corrected chi connectivity index (χ2v) is 6.26. The van der Waals surface area contributed by atoms with Crippen LogP contribution < -0.4 is 10.2 Å². The third-order valence-corrected chi connectivity index (χ3v) is 4.38.